The Hall–Kier alpha value is -8.20. The summed E-state index contributed by atoms with van der Waals surface area (Å²) in [6, 6.07) is 78.1. The fourth-order valence-corrected chi connectivity index (χ4v) is 10.7. The van der Waals surface area contributed by atoms with E-state index in [-0.39, 0.29) is 0 Å². The second-order valence-electron chi connectivity index (χ2n) is 16.9. The first kappa shape index (κ1) is 38.5. The van der Waals surface area contributed by atoms with Crippen LogP contribution in [0.15, 0.2) is 236 Å². The number of rotatable bonds is 10. The van der Waals surface area contributed by atoms with E-state index in [1.165, 1.54) is 86.9 Å². The predicted octanol–water partition coefficient (Wildman–Crippen LogP) is 18.3. The van der Waals surface area contributed by atoms with Gasteiger partial charge in [0.05, 0.1) is 11.4 Å². The molecule has 0 radical (unpaired) electrons. The highest BCUT2D eigenvalue weighted by Crippen LogP contribution is 2.57. The molecule has 12 aromatic rings. The molecule has 0 amide bonds. The third-order valence-electron chi connectivity index (χ3n) is 13.3. The minimum Gasteiger partial charge on any atom is -0.310 e. The maximum Gasteiger partial charge on any atom is 0.0540 e. The van der Waals surface area contributed by atoms with Crippen LogP contribution in [0, 0.1) is 0 Å². The van der Waals surface area contributed by atoms with Crippen molar-refractivity contribution in [3.8, 4) is 22.3 Å². The highest BCUT2D eigenvalue weighted by atomic mass is 15.2. The van der Waals surface area contributed by atoms with E-state index in [2.05, 4.69) is 254 Å². The summed E-state index contributed by atoms with van der Waals surface area (Å²) >= 11 is 0. The molecule has 2 nitrogen and oxygen atoms in total. The summed E-state index contributed by atoms with van der Waals surface area (Å²) < 4.78 is 0. The normalized spacial score (nSPS) is 12.2. The highest BCUT2D eigenvalue weighted by Gasteiger charge is 2.29. The van der Waals surface area contributed by atoms with Gasteiger partial charge in [0.25, 0.3) is 0 Å². The van der Waals surface area contributed by atoms with Crippen LogP contribution in [-0.4, -0.2) is 0 Å². The maximum absolute atomic E-state index is 2.43. The molecule has 0 aliphatic rings. The summed E-state index contributed by atoms with van der Waals surface area (Å²) in [6.07, 6.45) is 7.71. The summed E-state index contributed by atoms with van der Waals surface area (Å²) in [7, 11) is 0. The number of hydrogen-bond donors (Lipinski definition) is 0. The number of fused-ring (bicyclic) bond motifs is 6. The predicted molar refractivity (Wildman–Crippen MR) is 281 cm³/mol. The minimum absolute atomic E-state index is 0.963. The van der Waals surface area contributed by atoms with Gasteiger partial charge in [-0.2, -0.15) is 0 Å². The molecule has 0 aliphatic carbocycles. The molecule has 0 aromatic heterocycles. The van der Waals surface area contributed by atoms with Gasteiger partial charge in [-0.1, -0.05) is 183 Å². The van der Waals surface area contributed by atoms with Crippen molar-refractivity contribution in [3.05, 3.63) is 236 Å². The Kier molecular flexibility index (Phi) is 9.39. The van der Waals surface area contributed by atoms with E-state index in [9.17, 15) is 0 Å². The van der Waals surface area contributed by atoms with Crippen LogP contribution < -0.4 is 9.80 Å². The molecular formula is C63H46N2. The van der Waals surface area contributed by atoms with Gasteiger partial charge in [-0.15, -0.1) is 0 Å². The minimum atomic E-state index is 0.963. The largest absolute Gasteiger partial charge is 0.310 e. The van der Waals surface area contributed by atoms with Crippen LogP contribution in [-0.2, 0) is 0 Å². The molecule has 12 rings (SSSR count). The van der Waals surface area contributed by atoms with Crippen molar-refractivity contribution in [2.24, 2.45) is 0 Å². The Labute approximate surface area is 379 Å². The Balaban J connectivity index is 1.26. The van der Waals surface area contributed by atoms with Gasteiger partial charge in [0.15, 0.2) is 0 Å². The average Bonchev–Trinajstić information content (AvgIpc) is 3.89. The second kappa shape index (κ2) is 15.9. The number of hydrogen-bond acceptors (Lipinski definition) is 2. The first-order valence-corrected chi connectivity index (χ1v) is 22.8. The number of benzene rings is 10. The molecule has 0 spiro atoms. The van der Waals surface area contributed by atoms with Crippen molar-refractivity contribution >= 4 is 93.1 Å². The zero-order valence-corrected chi connectivity index (χ0v) is 36.5. The van der Waals surface area contributed by atoms with E-state index in [0.29, 0.717) is 0 Å². The standard InChI is InChI=1S/C63H46N2/c1-3-5-27-44(4-2)64(45-28-15-8-16-29-45)54-40-38-52-58-48(54)34-21-36-50(58)60-56(42-23-11-6-12-24-42)63-53-39-41-55(65(46-30-17-9-18-31-46)47-32-19-10-20-33-47)49-35-22-37-51(59(49)53)61(63)57(62(52)60)43-25-13-7-14-26-43/h4-41H,3H2,1-2H3. The molecule has 65 heavy (non-hydrogen) atoms. The topological polar surface area (TPSA) is 6.48 Å². The third kappa shape index (κ3) is 6.02. The lowest BCUT2D eigenvalue weighted by Crippen LogP contribution is -2.15. The van der Waals surface area contributed by atoms with Crippen LogP contribution in [0.25, 0.3) is 86.9 Å². The van der Waals surface area contributed by atoms with Gasteiger partial charge < -0.3 is 9.80 Å². The summed E-state index contributed by atoms with van der Waals surface area (Å²) in [5, 5.41) is 15.3. The molecule has 308 valence electrons. The molecule has 0 N–H and O–H groups in total. The molecule has 0 saturated carbocycles. The van der Waals surface area contributed by atoms with Gasteiger partial charge in [0.1, 0.15) is 0 Å². The Bertz CT molecular complexity index is 3590. The molecule has 0 unspecified atom stereocenters. The summed E-state index contributed by atoms with van der Waals surface area (Å²) in [5.41, 5.74) is 11.9. The molecule has 0 aliphatic heterocycles. The Morgan fingerprint density at radius 1 is 0.369 bits per heavy atom. The molecule has 0 heterocycles. The number of allylic oxidation sites excluding steroid dienone is 3. The van der Waals surface area contributed by atoms with Gasteiger partial charge in [-0.3, -0.25) is 0 Å². The smallest absolute Gasteiger partial charge is 0.0540 e. The quantitative estimate of drug-likeness (QED) is 0.127. The molecule has 12 aromatic carbocycles. The van der Waals surface area contributed by atoms with Gasteiger partial charge in [0, 0.05) is 33.5 Å². The lowest BCUT2D eigenvalue weighted by Gasteiger charge is -2.28. The van der Waals surface area contributed by atoms with Crippen molar-refractivity contribution in [1.29, 1.82) is 0 Å². The lowest BCUT2D eigenvalue weighted by atomic mass is 9.87. The number of anilines is 5. The fourth-order valence-electron chi connectivity index (χ4n) is 10.7. The molecule has 0 saturated heterocycles. The van der Waals surface area contributed by atoms with Crippen LogP contribution in [0.2, 0.25) is 0 Å². The molecule has 0 fully saturated rings. The van der Waals surface area contributed by atoms with Gasteiger partial charge >= 0.3 is 0 Å². The maximum atomic E-state index is 2.43. The lowest BCUT2D eigenvalue weighted by molar-refractivity contribution is 1.17. The van der Waals surface area contributed by atoms with E-state index in [4.69, 9.17) is 0 Å². The van der Waals surface area contributed by atoms with Crippen LogP contribution in [0.3, 0.4) is 0 Å². The van der Waals surface area contributed by atoms with Crippen molar-refractivity contribution in [2.45, 2.75) is 20.3 Å². The van der Waals surface area contributed by atoms with E-state index in [1.54, 1.807) is 0 Å². The molecule has 0 atom stereocenters. The van der Waals surface area contributed by atoms with Gasteiger partial charge in [-0.05, 0) is 144 Å². The summed E-state index contributed by atoms with van der Waals surface area (Å²) in [6.45, 7) is 4.34. The molecule has 2 heteroatoms. The number of para-hydroxylation sites is 3. The van der Waals surface area contributed by atoms with E-state index >= 15 is 0 Å². The first-order valence-electron chi connectivity index (χ1n) is 22.8. The zero-order chi connectivity index (χ0) is 43.4. The van der Waals surface area contributed by atoms with Crippen LogP contribution in [0.5, 0.6) is 0 Å². The second-order valence-corrected chi connectivity index (χ2v) is 16.9. The van der Waals surface area contributed by atoms with Crippen molar-refractivity contribution in [1.82, 2.24) is 0 Å². The van der Waals surface area contributed by atoms with Gasteiger partial charge in [0.2, 0.25) is 0 Å². The van der Waals surface area contributed by atoms with E-state index in [1.807, 2.05) is 0 Å². The number of nitrogens with zero attached hydrogens (tertiary/aromatic N) is 2. The molecule has 0 bridgehead atoms. The fraction of sp³-hybridized carbons (Fsp3) is 0.0476. The Morgan fingerprint density at radius 3 is 1.20 bits per heavy atom. The zero-order valence-electron chi connectivity index (χ0n) is 36.5. The Morgan fingerprint density at radius 2 is 0.754 bits per heavy atom. The van der Waals surface area contributed by atoms with Gasteiger partial charge in [-0.25, -0.2) is 0 Å². The first-order chi connectivity index (χ1) is 32.2. The SMILES string of the molecule is CC=C(C=CCC)N(c1ccccc1)c1ccc2c3c(-c4ccccc4)c4c5cccc6c(N(c7ccccc7)c7ccccc7)ccc(c4c(-c4ccccc4)c3c3cccc1c23)c65. The van der Waals surface area contributed by atoms with Crippen molar-refractivity contribution < 1.29 is 0 Å². The van der Waals surface area contributed by atoms with Crippen LogP contribution >= 0.6 is 0 Å². The average molecular weight is 831 g/mol. The highest BCUT2D eigenvalue weighted by molar-refractivity contribution is 6.47. The van der Waals surface area contributed by atoms with Crippen LogP contribution in [0.1, 0.15) is 20.3 Å². The van der Waals surface area contributed by atoms with Crippen molar-refractivity contribution in [2.75, 3.05) is 9.80 Å². The summed E-state index contributed by atoms with van der Waals surface area (Å²) in [5.74, 6) is 0. The monoisotopic (exact) mass is 830 g/mol. The summed E-state index contributed by atoms with van der Waals surface area (Å²) in [4.78, 5) is 4.84. The van der Waals surface area contributed by atoms with E-state index in [0.717, 1.165) is 40.6 Å². The molecular weight excluding hydrogens is 785 g/mol. The van der Waals surface area contributed by atoms with E-state index < -0.39 is 0 Å². The third-order valence-corrected chi connectivity index (χ3v) is 13.3. The van der Waals surface area contributed by atoms with Crippen molar-refractivity contribution in [3.63, 3.8) is 0 Å². The van der Waals surface area contributed by atoms with Crippen LogP contribution in [0.4, 0.5) is 28.4 Å².